The van der Waals surface area contributed by atoms with E-state index in [0.717, 1.165) is 58.4 Å². The fourth-order valence-electron chi connectivity index (χ4n) is 3.13. The summed E-state index contributed by atoms with van der Waals surface area (Å²) in [6.07, 6.45) is 0.265. The van der Waals surface area contributed by atoms with Gasteiger partial charge < -0.3 is 24.6 Å². The molecule has 0 saturated carbocycles. The van der Waals surface area contributed by atoms with Gasteiger partial charge in [-0.25, -0.2) is 0 Å². The predicted molar refractivity (Wildman–Crippen MR) is 114 cm³/mol. The molecule has 1 aliphatic heterocycles. The average molecular weight is 454 g/mol. The van der Waals surface area contributed by atoms with E-state index in [1.807, 2.05) is 23.6 Å². The van der Waals surface area contributed by atoms with Crippen LogP contribution in [0.1, 0.15) is 5.56 Å². The van der Waals surface area contributed by atoms with Crippen molar-refractivity contribution in [3.8, 4) is 11.5 Å². The van der Waals surface area contributed by atoms with Gasteiger partial charge in [0.2, 0.25) is 5.91 Å². The van der Waals surface area contributed by atoms with E-state index in [9.17, 15) is 4.79 Å². The third kappa shape index (κ3) is 4.75. The van der Waals surface area contributed by atoms with E-state index < -0.39 is 0 Å². The van der Waals surface area contributed by atoms with Gasteiger partial charge in [0.15, 0.2) is 0 Å². The lowest BCUT2D eigenvalue weighted by Crippen LogP contribution is -2.44. The number of methoxy groups -OCH3 is 2. The van der Waals surface area contributed by atoms with Crippen molar-refractivity contribution in [2.75, 3.05) is 57.7 Å². The highest BCUT2D eigenvalue weighted by molar-refractivity contribution is 9.11. The van der Waals surface area contributed by atoms with Crippen LogP contribution in [0.4, 0.5) is 11.4 Å². The summed E-state index contributed by atoms with van der Waals surface area (Å²) in [6.45, 7) is 3.88. The molecule has 0 aliphatic carbocycles. The first kappa shape index (κ1) is 20.0. The van der Waals surface area contributed by atoms with Crippen LogP contribution >= 0.6 is 27.3 Å². The lowest BCUT2D eigenvalue weighted by Gasteiger charge is -2.34. The van der Waals surface area contributed by atoms with Crippen LogP contribution in [0.2, 0.25) is 0 Å². The van der Waals surface area contributed by atoms with Crippen LogP contribution in [0, 0.1) is 0 Å². The van der Waals surface area contributed by atoms with Gasteiger partial charge in [-0.05, 0) is 46.6 Å². The highest BCUT2D eigenvalue weighted by Crippen LogP contribution is 2.36. The zero-order chi connectivity index (χ0) is 19.4. The monoisotopic (exact) mass is 453 g/mol. The zero-order valence-corrected chi connectivity index (χ0v) is 18.2. The molecule has 27 heavy (non-hydrogen) atoms. The topological polar surface area (TPSA) is 54.0 Å². The number of likely N-dealkylation sites (N-methyl/N-ethyl adjacent to an activating group) is 1. The number of piperazine rings is 1. The van der Waals surface area contributed by atoms with Gasteiger partial charge in [-0.3, -0.25) is 4.79 Å². The van der Waals surface area contributed by atoms with Gasteiger partial charge in [0.1, 0.15) is 15.3 Å². The Morgan fingerprint density at radius 1 is 1.22 bits per heavy atom. The Balaban J connectivity index is 1.72. The number of anilines is 2. The number of hydrogen-bond acceptors (Lipinski definition) is 6. The number of amides is 1. The van der Waals surface area contributed by atoms with Crippen molar-refractivity contribution in [3.05, 3.63) is 32.9 Å². The lowest BCUT2D eigenvalue weighted by atomic mass is 10.2. The van der Waals surface area contributed by atoms with Crippen molar-refractivity contribution in [2.45, 2.75) is 6.42 Å². The number of benzene rings is 1. The molecular weight excluding hydrogens is 430 g/mol. The number of thiophene rings is 1. The zero-order valence-electron chi connectivity index (χ0n) is 15.8. The number of nitrogens with zero attached hydrogens (tertiary/aromatic N) is 2. The van der Waals surface area contributed by atoms with Crippen LogP contribution in [0.25, 0.3) is 0 Å². The minimum absolute atomic E-state index is 0.0758. The Morgan fingerprint density at radius 2 is 1.96 bits per heavy atom. The molecule has 0 bridgehead atoms. The third-order valence-electron chi connectivity index (χ3n) is 4.64. The third-order valence-corrected chi connectivity index (χ3v) is 6.35. The molecule has 1 aromatic carbocycles. The average Bonchev–Trinajstić information content (AvgIpc) is 3.01. The molecule has 1 saturated heterocycles. The van der Waals surface area contributed by atoms with E-state index >= 15 is 0 Å². The first-order valence-electron chi connectivity index (χ1n) is 8.73. The number of carbonyl (C=O) groups is 1. The summed E-state index contributed by atoms with van der Waals surface area (Å²) < 4.78 is 11.8. The highest BCUT2D eigenvalue weighted by atomic mass is 79.9. The Morgan fingerprint density at radius 3 is 2.63 bits per heavy atom. The van der Waals surface area contributed by atoms with Crippen molar-refractivity contribution in [2.24, 2.45) is 0 Å². The second kappa shape index (κ2) is 8.95. The van der Waals surface area contributed by atoms with Crippen molar-refractivity contribution >= 4 is 44.5 Å². The van der Waals surface area contributed by atoms with Crippen molar-refractivity contribution in [1.29, 1.82) is 0 Å². The number of rotatable bonds is 6. The Kier molecular flexibility index (Phi) is 6.62. The number of ether oxygens (including phenoxy) is 2. The van der Waals surface area contributed by atoms with Gasteiger partial charge in [0.25, 0.3) is 0 Å². The standard InChI is InChI=1S/C19H24BrN3O3S/c1-22-6-8-23(9-7-22)15-11-14(4-5-16(15)25-2)21-17(24)10-13-12-27-19(20)18(13)26-3/h4-5,11-12H,6-10H2,1-3H3,(H,21,24). The molecule has 0 radical (unpaired) electrons. The van der Waals surface area contributed by atoms with Crippen molar-refractivity contribution in [3.63, 3.8) is 0 Å². The normalized spacial score (nSPS) is 14.9. The second-order valence-corrected chi connectivity index (χ2v) is 8.67. The van der Waals surface area contributed by atoms with Gasteiger partial charge in [-0.15, -0.1) is 11.3 Å². The van der Waals surface area contributed by atoms with E-state index in [2.05, 4.69) is 38.1 Å². The molecule has 0 atom stereocenters. The van der Waals surface area contributed by atoms with Crippen LogP contribution in [-0.2, 0) is 11.2 Å². The fraction of sp³-hybridized carbons (Fsp3) is 0.421. The van der Waals surface area contributed by atoms with Crippen molar-refractivity contribution in [1.82, 2.24) is 4.90 Å². The molecule has 8 heteroatoms. The lowest BCUT2D eigenvalue weighted by molar-refractivity contribution is -0.115. The number of hydrogen-bond donors (Lipinski definition) is 1. The maximum Gasteiger partial charge on any atom is 0.228 e. The summed E-state index contributed by atoms with van der Waals surface area (Å²) in [4.78, 5) is 17.1. The SMILES string of the molecule is COc1ccc(NC(=O)Cc2csc(Br)c2OC)cc1N1CCN(C)CC1. The van der Waals surface area contributed by atoms with E-state index in [1.165, 1.54) is 11.3 Å². The van der Waals surface area contributed by atoms with Gasteiger partial charge in [-0.1, -0.05) is 0 Å². The van der Waals surface area contributed by atoms with Crippen LogP contribution < -0.4 is 19.7 Å². The van der Waals surface area contributed by atoms with Crippen LogP contribution in [0.5, 0.6) is 11.5 Å². The van der Waals surface area contributed by atoms with Gasteiger partial charge in [0.05, 0.1) is 26.3 Å². The van der Waals surface area contributed by atoms with Crippen molar-refractivity contribution < 1.29 is 14.3 Å². The minimum Gasteiger partial charge on any atom is -0.495 e. The summed E-state index contributed by atoms with van der Waals surface area (Å²) in [6, 6.07) is 5.77. The predicted octanol–water partition coefficient (Wildman–Crippen LogP) is 3.46. The number of halogens is 1. The molecule has 0 unspecified atom stereocenters. The smallest absolute Gasteiger partial charge is 0.228 e. The second-order valence-electron chi connectivity index (χ2n) is 6.47. The maximum absolute atomic E-state index is 12.5. The quantitative estimate of drug-likeness (QED) is 0.725. The molecule has 1 aliphatic rings. The van der Waals surface area contributed by atoms with Crippen LogP contribution in [0.15, 0.2) is 27.4 Å². The Hall–Kier alpha value is -1.77. The van der Waals surface area contributed by atoms with E-state index in [0.29, 0.717) is 0 Å². The van der Waals surface area contributed by atoms with E-state index in [1.54, 1.807) is 14.2 Å². The molecule has 6 nitrogen and oxygen atoms in total. The Bertz CT molecular complexity index is 803. The molecule has 2 aromatic rings. The van der Waals surface area contributed by atoms with Gasteiger partial charge in [-0.2, -0.15) is 0 Å². The molecule has 1 fully saturated rings. The molecular formula is C19H24BrN3O3S. The van der Waals surface area contributed by atoms with Crippen LogP contribution in [-0.4, -0.2) is 58.3 Å². The Labute approximate surface area is 172 Å². The first-order valence-corrected chi connectivity index (χ1v) is 10.4. The summed E-state index contributed by atoms with van der Waals surface area (Å²) in [5, 5.41) is 4.93. The minimum atomic E-state index is -0.0758. The summed E-state index contributed by atoms with van der Waals surface area (Å²) in [5.41, 5.74) is 2.65. The van der Waals surface area contributed by atoms with Crippen LogP contribution in [0.3, 0.4) is 0 Å². The van der Waals surface area contributed by atoms with E-state index in [4.69, 9.17) is 9.47 Å². The first-order chi connectivity index (χ1) is 13.0. The molecule has 0 spiro atoms. The fourth-order valence-corrected chi connectivity index (χ4v) is 4.58. The summed E-state index contributed by atoms with van der Waals surface area (Å²) in [5.74, 6) is 1.47. The van der Waals surface area contributed by atoms with Gasteiger partial charge >= 0.3 is 0 Å². The molecule has 3 rings (SSSR count). The van der Waals surface area contributed by atoms with Gasteiger partial charge in [0, 0.05) is 37.4 Å². The molecule has 1 aromatic heterocycles. The molecule has 1 amide bonds. The number of carbonyl (C=O) groups excluding carboxylic acids is 1. The molecule has 146 valence electrons. The maximum atomic E-state index is 12.5. The largest absolute Gasteiger partial charge is 0.495 e. The molecule has 2 heterocycles. The number of nitrogens with one attached hydrogen (secondary N) is 1. The summed E-state index contributed by atoms with van der Waals surface area (Å²) >= 11 is 4.96. The highest BCUT2D eigenvalue weighted by Gasteiger charge is 2.19. The molecule has 1 N–H and O–H groups in total. The summed E-state index contributed by atoms with van der Waals surface area (Å²) in [7, 11) is 5.41. The van der Waals surface area contributed by atoms with E-state index in [-0.39, 0.29) is 12.3 Å².